The summed E-state index contributed by atoms with van der Waals surface area (Å²) in [5, 5.41) is 33.4. The molecule has 20 heteroatoms. The second-order valence-corrected chi connectivity index (χ2v) is 20.7. The number of aliphatic hydroxyl groups is 2. The van der Waals surface area contributed by atoms with Crippen molar-refractivity contribution in [1.29, 1.82) is 0 Å². The van der Waals surface area contributed by atoms with Crippen molar-refractivity contribution in [2.24, 2.45) is 5.41 Å². The molecule has 3 aliphatic rings. The number of thiazole rings is 1. The molecule has 0 saturated carbocycles. The number of piperazine rings is 1. The Hall–Kier alpha value is -5.57. The number of amides is 5. The van der Waals surface area contributed by atoms with Crippen molar-refractivity contribution < 1.29 is 38.9 Å². The lowest BCUT2D eigenvalue weighted by molar-refractivity contribution is -0.144. The molecular formula is C50H65ClN10O8S. The zero-order valence-electron chi connectivity index (χ0n) is 40.5. The third-order valence-corrected chi connectivity index (χ3v) is 14.4. The second-order valence-electron chi connectivity index (χ2n) is 19.4. The topological polar surface area (TPSA) is 232 Å². The lowest BCUT2D eigenvalue weighted by Crippen LogP contribution is -2.58. The van der Waals surface area contributed by atoms with Crippen molar-refractivity contribution in [1.82, 2.24) is 46.0 Å². The molecule has 5 amide bonds. The summed E-state index contributed by atoms with van der Waals surface area (Å²) in [5.74, 6) is -1.25. The largest absolute Gasteiger partial charge is 0.391 e. The van der Waals surface area contributed by atoms with Gasteiger partial charge >= 0.3 is 0 Å². The first-order valence-corrected chi connectivity index (χ1v) is 25.2. The van der Waals surface area contributed by atoms with Crippen LogP contribution in [0.5, 0.6) is 0 Å². The summed E-state index contributed by atoms with van der Waals surface area (Å²) in [6, 6.07) is 13.1. The number of fused-ring (bicyclic) bond motifs is 1. The van der Waals surface area contributed by atoms with Crippen LogP contribution in [0.1, 0.15) is 93.0 Å². The van der Waals surface area contributed by atoms with Gasteiger partial charge in [-0.05, 0) is 53.5 Å². The summed E-state index contributed by atoms with van der Waals surface area (Å²) in [6.07, 6.45) is 0.818. The molecule has 1 aliphatic carbocycles. The Bertz CT molecular complexity index is 2460. The number of β-amino-alcohol motifs (C(OH)–C–C–N with tert-alkyl or cyclic N) is 1. The first kappa shape index (κ1) is 52.3. The monoisotopic (exact) mass is 1000 g/mol. The van der Waals surface area contributed by atoms with Gasteiger partial charge in [0.1, 0.15) is 30.8 Å². The summed E-state index contributed by atoms with van der Waals surface area (Å²) >= 11 is 7.75. The molecule has 0 radical (unpaired) electrons. The zero-order valence-corrected chi connectivity index (χ0v) is 42.0. The molecule has 2 unspecified atom stereocenters. The molecule has 70 heavy (non-hydrogen) atoms. The number of nitrogens with one attached hydrogen (secondary N) is 4. The summed E-state index contributed by atoms with van der Waals surface area (Å²) in [7, 11) is 0. The van der Waals surface area contributed by atoms with Gasteiger partial charge in [0.15, 0.2) is 0 Å². The summed E-state index contributed by atoms with van der Waals surface area (Å²) in [6.45, 7) is 12.2. The van der Waals surface area contributed by atoms with E-state index in [1.807, 2.05) is 48.2 Å². The number of halogens is 1. The Morgan fingerprint density at radius 1 is 0.900 bits per heavy atom. The summed E-state index contributed by atoms with van der Waals surface area (Å²) < 4.78 is 5.56. The number of anilines is 1. The van der Waals surface area contributed by atoms with E-state index in [-0.39, 0.29) is 63.4 Å². The second kappa shape index (κ2) is 23.6. The maximum Gasteiger partial charge on any atom is 0.246 e. The molecule has 2 saturated heterocycles. The highest BCUT2D eigenvalue weighted by atomic mass is 35.5. The van der Waals surface area contributed by atoms with Gasteiger partial charge in [-0.25, -0.2) is 15.0 Å². The molecule has 2 aromatic carbocycles. The number of hydrogen-bond donors (Lipinski definition) is 6. The van der Waals surface area contributed by atoms with Gasteiger partial charge in [-0.1, -0.05) is 75.7 Å². The number of ether oxygens (including phenoxy) is 1. The van der Waals surface area contributed by atoms with Gasteiger partial charge in [-0.15, -0.1) is 11.3 Å². The molecule has 2 aliphatic heterocycles. The van der Waals surface area contributed by atoms with E-state index in [0.29, 0.717) is 56.4 Å². The van der Waals surface area contributed by atoms with Crippen LogP contribution in [0.15, 0.2) is 60.4 Å². The average molecular weight is 1000 g/mol. The van der Waals surface area contributed by atoms with Gasteiger partial charge in [0.25, 0.3) is 0 Å². The molecule has 18 nitrogen and oxygen atoms in total. The van der Waals surface area contributed by atoms with E-state index in [1.165, 1.54) is 11.2 Å². The van der Waals surface area contributed by atoms with Crippen LogP contribution in [0.25, 0.3) is 10.4 Å². The van der Waals surface area contributed by atoms with Crippen LogP contribution in [-0.2, 0) is 35.3 Å². The van der Waals surface area contributed by atoms with E-state index in [1.54, 1.807) is 49.8 Å². The molecule has 4 aromatic rings. The van der Waals surface area contributed by atoms with Crippen LogP contribution in [0.3, 0.4) is 0 Å². The van der Waals surface area contributed by atoms with Crippen LogP contribution < -0.4 is 26.2 Å². The number of carbonyl (C=O) groups is 5. The number of rotatable bonds is 19. The van der Waals surface area contributed by atoms with Crippen molar-refractivity contribution >= 4 is 58.3 Å². The lowest BCUT2D eigenvalue weighted by atomic mass is 9.85. The van der Waals surface area contributed by atoms with Crippen molar-refractivity contribution in [2.75, 3.05) is 70.5 Å². The number of carbonyl (C=O) groups excluding carboxylic acids is 5. The fourth-order valence-electron chi connectivity index (χ4n) is 9.30. The maximum atomic E-state index is 14.1. The molecule has 2 fully saturated rings. The van der Waals surface area contributed by atoms with Gasteiger partial charge in [0, 0.05) is 82.3 Å². The quantitative estimate of drug-likeness (QED) is 0.0741. The third-order valence-electron chi connectivity index (χ3n) is 13.1. The number of aromatic nitrogens is 3. The first-order chi connectivity index (χ1) is 33.5. The fourth-order valence-corrected chi connectivity index (χ4v) is 10.2. The Morgan fingerprint density at radius 2 is 1.63 bits per heavy atom. The predicted molar refractivity (Wildman–Crippen MR) is 266 cm³/mol. The van der Waals surface area contributed by atoms with Gasteiger partial charge in [0.05, 0.1) is 46.5 Å². The minimum Gasteiger partial charge on any atom is -0.391 e. The van der Waals surface area contributed by atoms with Crippen molar-refractivity contribution in [3.05, 3.63) is 93.5 Å². The Morgan fingerprint density at radius 3 is 2.31 bits per heavy atom. The van der Waals surface area contributed by atoms with Crippen molar-refractivity contribution in [2.45, 2.75) is 96.6 Å². The van der Waals surface area contributed by atoms with E-state index >= 15 is 0 Å². The van der Waals surface area contributed by atoms with Gasteiger partial charge in [-0.3, -0.25) is 24.0 Å². The first-order valence-electron chi connectivity index (χ1n) is 23.9. The lowest BCUT2D eigenvalue weighted by Gasteiger charge is -2.38. The van der Waals surface area contributed by atoms with E-state index in [0.717, 1.165) is 38.6 Å². The SMILES string of the molecule is Cc1ncsc1-c1ccc(CNC(=O)[C@@H]2C[C@@H](O)CN2C(=O)C(NC(=O)COCCNC(=O)CCNCC(C(=O)N2CCN(c3ncnc4c3[C@H](C)C[C@H]4O)CC2)c2ccc(Cl)cc2)C(C)(C)C)cc1. The highest BCUT2D eigenvalue weighted by Gasteiger charge is 2.44. The minimum atomic E-state index is -1.02. The standard InChI is InChI=1S/C50H65ClN10O8S/c1-30-22-39(63)43-42(30)46(56-28-55-43)59-17-19-60(20-18-59)48(67)37(33-10-12-35(51)13-11-33)25-52-15-14-40(64)53-16-21-69-27-41(65)58-45(50(3,4)5)49(68)61-26-36(62)23-38(61)47(66)54-24-32-6-8-34(9-7-32)44-31(2)57-29-70-44/h6-13,28-30,36-39,45,52,62-63H,14-27H2,1-5H3,(H,53,64)(H,54,66)(H,58,65)/t30-,36-,37?,38+,39-,45?/m1/s1. The van der Waals surface area contributed by atoms with Gasteiger partial charge in [0.2, 0.25) is 29.5 Å². The number of benzene rings is 2. The van der Waals surface area contributed by atoms with Crippen molar-refractivity contribution in [3.8, 4) is 10.4 Å². The predicted octanol–water partition coefficient (Wildman–Crippen LogP) is 3.46. The van der Waals surface area contributed by atoms with Crippen molar-refractivity contribution in [3.63, 3.8) is 0 Å². The Balaban J connectivity index is 0.819. The number of nitrogens with zero attached hydrogens (tertiary/aromatic N) is 6. The van der Waals surface area contributed by atoms with E-state index in [2.05, 4.69) is 48.0 Å². The highest BCUT2D eigenvalue weighted by Crippen LogP contribution is 2.43. The number of aryl methyl sites for hydroxylation is 1. The minimum absolute atomic E-state index is 0.0338. The highest BCUT2D eigenvalue weighted by molar-refractivity contribution is 7.13. The molecule has 7 rings (SSSR count). The molecule has 6 atom stereocenters. The Kier molecular flexibility index (Phi) is 17.6. The molecule has 0 bridgehead atoms. The molecule has 6 N–H and O–H groups in total. The summed E-state index contributed by atoms with van der Waals surface area (Å²) in [4.78, 5) is 87.1. The normalized spacial score (nSPS) is 19.9. The van der Waals surface area contributed by atoms with Gasteiger partial charge in [-0.2, -0.15) is 0 Å². The zero-order chi connectivity index (χ0) is 50.1. The van der Waals surface area contributed by atoms with E-state index in [4.69, 9.17) is 16.3 Å². The van der Waals surface area contributed by atoms with E-state index in [9.17, 15) is 34.2 Å². The molecule has 376 valence electrons. The molecular weight excluding hydrogens is 936 g/mol. The number of hydrogen-bond acceptors (Lipinski definition) is 14. The molecule has 0 spiro atoms. The van der Waals surface area contributed by atoms with Gasteiger partial charge < -0.3 is 50.9 Å². The van der Waals surface area contributed by atoms with Crippen LogP contribution in [0, 0.1) is 12.3 Å². The summed E-state index contributed by atoms with van der Waals surface area (Å²) in [5.41, 5.74) is 6.39. The molecule has 4 heterocycles. The number of likely N-dealkylation sites (tertiary alicyclic amines) is 1. The third kappa shape index (κ3) is 13.0. The Labute approximate surface area is 417 Å². The van der Waals surface area contributed by atoms with E-state index < -0.39 is 53.3 Å². The van der Waals surface area contributed by atoms with Crippen LogP contribution >= 0.6 is 22.9 Å². The fraction of sp³-hybridized carbons (Fsp3) is 0.520. The maximum absolute atomic E-state index is 14.1. The smallest absolute Gasteiger partial charge is 0.246 e. The average Bonchev–Trinajstić information content (AvgIpc) is 4.04. The van der Waals surface area contributed by atoms with Crippen LogP contribution in [0.4, 0.5) is 5.82 Å². The molecule has 2 aromatic heterocycles. The van der Waals surface area contributed by atoms with Crippen LogP contribution in [0.2, 0.25) is 5.02 Å². The number of aliphatic hydroxyl groups excluding tert-OH is 2. The van der Waals surface area contributed by atoms with Crippen LogP contribution in [-0.4, -0.2) is 148 Å².